The van der Waals surface area contributed by atoms with Crippen molar-refractivity contribution in [3.8, 4) is 0 Å². The van der Waals surface area contributed by atoms with Gasteiger partial charge in [-0.15, -0.1) is 0 Å². The summed E-state index contributed by atoms with van der Waals surface area (Å²) in [7, 11) is 4.01. The highest BCUT2D eigenvalue weighted by atomic mass is 35.5. The largest absolute Gasteiger partial charge is 0.323 e. The summed E-state index contributed by atoms with van der Waals surface area (Å²) < 4.78 is 0. The van der Waals surface area contributed by atoms with E-state index in [4.69, 9.17) is 17.3 Å². The molecule has 1 aromatic rings. The molecule has 1 rings (SSSR count). The normalized spacial score (nSPS) is 13.3. The van der Waals surface area contributed by atoms with Crippen LogP contribution in [0.3, 0.4) is 0 Å². The van der Waals surface area contributed by atoms with E-state index in [-0.39, 0.29) is 6.04 Å². The Kier molecular flexibility index (Phi) is 3.72. The first-order chi connectivity index (χ1) is 6.09. The molecule has 1 aromatic carbocycles. The number of nitrogens with two attached hydrogens (primary N) is 1. The molecule has 0 bridgehead atoms. The summed E-state index contributed by atoms with van der Waals surface area (Å²) in [5.41, 5.74) is 7.05. The molecule has 1 atom stereocenters. The first-order valence-corrected chi connectivity index (χ1v) is 4.63. The minimum Gasteiger partial charge on any atom is -0.323 e. The zero-order valence-electron chi connectivity index (χ0n) is 8.00. The van der Waals surface area contributed by atoms with Crippen LogP contribution >= 0.6 is 11.6 Å². The van der Waals surface area contributed by atoms with Crippen molar-refractivity contribution >= 4 is 11.6 Å². The highest BCUT2D eigenvalue weighted by Gasteiger charge is 2.06. The SMILES string of the molecule is CN(C)C[C@@H](N)c1cccc(Cl)c1. The molecule has 13 heavy (non-hydrogen) atoms. The standard InChI is InChI=1S/C10H15ClN2/c1-13(2)7-10(12)8-4-3-5-9(11)6-8/h3-6,10H,7,12H2,1-2H3/t10-/m1/s1. The predicted molar refractivity (Wildman–Crippen MR) is 56.9 cm³/mol. The number of halogens is 1. The molecule has 2 N–H and O–H groups in total. The van der Waals surface area contributed by atoms with E-state index in [0.717, 1.165) is 17.1 Å². The molecule has 0 aliphatic carbocycles. The molecular weight excluding hydrogens is 184 g/mol. The van der Waals surface area contributed by atoms with E-state index < -0.39 is 0 Å². The van der Waals surface area contributed by atoms with E-state index in [1.807, 2.05) is 38.4 Å². The van der Waals surface area contributed by atoms with Crippen LogP contribution < -0.4 is 5.73 Å². The lowest BCUT2D eigenvalue weighted by molar-refractivity contribution is 0.376. The average Bonchev–Trinajstić information content (AvgIpc) is 2.03. The van der Waals surface area contributed by atoms with Crippen LogP contribution in [0.15, 0.2) is 24.3 Å². The highest BCUT2D eigenvalue weighted by Crippen LogP contribution is 2.16. The number of benzene rings is 1. The quantitative estimate of drug-likeness (QED) is 0.804. The molecule has 0 saturated carbocycles. The van der Waals surface area contributed by atoms with Gasteiger partial charge in [0.05, 0.1) is 0 Å². The monoisotopic (exact) mass is 198 g/mol. The predicted octanol–water partition coefficient (Wildman–Crippen LogP) is 1.90. The fourth-order valence-corrected chi connectivity index (χ4v) is 1.43. The lowest BCUT2D eigenvalue weighted by Crippen LogP contribution is -2.25. The molecule has 0 radical (unpaired) electrons. The molecule has 0 amide bonds. The summed E-state index contributed by atoms with van der Waals surface area (Å²) >= 11 is 5.86. The van der Waals surface area contributed by atoms with E-state index in [1.54, 1.807) is 0 Å². The smallest absolute Gasteiger partial charge is 0.0424 e. The lowest BCUT2D eigenvalue weighted by atomic mass is 10.1. The Labute approximate surface area is 84.3 Å². The maximum absolute atomic E-state index is 5.96. The van der Waals surface area contributed by atoms with Crippen LogP contribution in [-0.2, 0) is 0 Å². The second-order valence-corrected chi connectivity index (χ2v) is 3.86. The van der Waals surface area contributed by atoms with Crippen molar-refractivity contribution in [3.63, 3.8) is 0 Å². The number of likely N-dealkylation sites (N-methyl/N-ethyl adjacent to an activating group) is 1. The molecule has 0 aliphatic heterocycles. The van der Waals surface area contributed by atoms with Gasteiger partial charge in [0.25, 0.3) is 0 Å². The molecule has 0 saturated heterocycles. The summed E-state index contributed by atoms with van der Waals surface area (Å²) in [5, 5.41) is 0.742. The fraction of sp³-hybridized carbons (Fsp3) is 0.400. The Bertz CT molecular complexity index is 273. The van der Waals surface area contributed by atoms with E-state index in [9.17, 15) is 0 Å². The molecule has 0 aromatic heterocycles. The van der Waals surface area contributed by atoms with Gasteiger partial charge in [-0.25, -0.2) is 0 Å². The number of rotatable bonds is 3. The molecule has 3 heteroatoms. The Morgan fingerprint density at radius 2 is 2.15 bits per heavy atom. The zero-order chi connectivity index (χ0) is 9.84. The Hall–Kier alpha value is -0.570. The average molecular weight is 199 g/mol. The molecule has 0 fully saturated rings. The van der Waals surface area contributed by atoms with E-state index in [1.165, 1.54) is 0 Å². The molecule has 0 heterocycles. The summed E-state index contributed by atoms with van der Waals surface area (Å²) in [6.45, 7) is 0.834. The minimum absolute atomic E-state index is 0.0358. The Balaban J connectivity index is 2.71. The number of hydrogen-bond donors (Lipinski definition) is 1. The van der Waals surface area contributed by atoms with Crippen molar-refractivity contribution in [2.45, 2.75) is 6.04 Å². The molecule has 72 valence electrons. The number of hydrogen-bond acceptors (Lipinski definition) is 2. The molecule has 2 nitrogen and oxygen atoms in total. The second-order valence-electron chi connectivity index (χ2n) is 3.42. The van der Waals surface area contributed by atoms with Gasteiger partial charge in [0, 0.05) is 17.6 Å². The Morgan fingerprint density at radius 1 is 1.46 bits per heavy atom. The molecule has 0 spiro atoms. The van der Waals surface area contributed by atoms with Crippen molar-refractivity contribution in [1.82, 2.24) is 4.90 Å². The van der Waals surface area contributed by atoms with Crippen molar-refractivity contribution < 1.29 is 0 Å². The van der Waals surface area contributed by atoms with Crippen molar-refractivity contribution in [2.75, 3.05) is 20.6 Å². The first-order valence-electron chi connectivity index (χ1n) is 4.25. The summed E-state index contributed by atoms with van der Waals surface area (Å²) in [6, 6.07) is 7.73. The second kappa shape index (κ2) is 4.61. The van der Waals surface area contributed by atoms with Crippen molar-refractivity contribution in [3.05, 3.63) is 34.9 Å². The van der Waals surface area contributed by atoms with E-state index in [0.29, 0.717) is 0 Å². The van der Waals surface area contributed by atoms with Crippen molar-refractivity contribution in [2.24, 2.45) is 5.73 Å². The van der Waals surface area contributed by atoms with Crippen LogP contribution in [0.5, 0.6) is 0 Å². The maximum atomic E-state index is 5.96. The van der Waals surface area contributed by atoms with Gasteiger partial charge in [0.2, 0.25) is 0 Å². The zero-order valence-corrected chi connectivity index (χ0v) is 8.75. The minimum atomic E-state index is 0.0358. The third kappa shape index (κ3) is 3.35. The van der Waals surface area contributed by atoms with Crippen LogP contribution in [0.4, 0.5) is 0 Å². The van der Waals surface area contributed by atoms with Crippen LogP contribution in [0.1, 0.15) is 11.6 Å². The van der Waals surface area contributed by atoms with Gasteiger partial charge in [-0.3, -0.25) is 0 Å². The van der Waals surface area contributed by atoms with E-state index >= 15 is 0 Å². The van der Waals surface area contributed by atoms with Gasteiger partial charge >= 0.3 is 0 Å². The summed E-state index contributed by atoms with van der Waals surface area (Å²) in [6.07, 6.45) is 0. The van der Waals surface area contributed by atoms with Gasteiger partial charge in [0.15, 0.2) is 0 Å². The van der Waals surface area contributed by atoms with Gasteiger partial charge in [-0.2, -0.15) is 0 Å². The molecule has 0 aliphatic rings. The third-order valence-electron chi connectivity index (χ3n) is 1.84. The van der Waals surface area contributed by atoms with Crippen LogP contribution in [0.25, 0.3) is 0 Å². The van der Waals surface area contributed by atoms with Crippen LogP contribution in [0, 0.1) is 0 Å². The van der Waals surface area contributed by atoms with E-state index in [2.05, 4.69) is 4.90 Å². The topological polar surface area (TPSA) is 29.3 Å². The Morgan fingerprint density at radius 3 is 2.69 bits per heavy atom. The molecule has 0 unspecified atom stereocenters. The highest BCUT2D eigenvalue weighted by molar-refractivity contribution is 6.30. The fourth-order valence-electron chi connectivity index (χ4n) is 1.24. The van der Waals surface area contributed by atoms with Gasteiger partial charge in [-0.05, 0) is 31.8 Å². The van der Waals surface area contributed by atoms with Gasteiger partial charge < -0.3 is 10.6 Å². The summed E-state index contributed by atoms with van der Waals surface area (Å²) in [5.74, 6) is 0. The molecular formula is C10H15ClN2. The van der Waals surface area contributed by atoms with Crippen LogP contribution in [0.2, 0.25) is 5.02 Å². The summed E-state index contributed by atoms with van der Waals surface area (Å²) in [4.78, 5) is 2.06. The van der Waals surface area contributed by atoms with Gasteiger partial charge in [-0.1, -0.05) is 23.7 Å². The maximum Gasteiger partial charge on any atom is 0.0424 e. The lowest BCUT2D eigenvalue weighted by Gasteiger charge is -2.17. The van der Waals surface area contributed by atoms with Crippen LogP contribution in [-0.4, -0.2) is 25.5 Å². The van der Waals surface area contributed by atoms with Crippen molar-refractivity contribution in [1.29, 1.82) is 0 Å². The first kappa shape index (κ1) is 10.5. The number of nitrogens with zero attached hydrogens (tertiary/aromatic N) is 1. The third-order valence-corrected chi connectivity index (χ3v) is 2.07. The van der Waals surface area contributed by atoms with Gasteiger partial charge in [0.1, 0.15) is 0 Å².